The van der Waals surface area contributed by atoms with E-state index in [0.29, 0.717) is 0 Å². The van der Waals surface area contributed by atoms with E-state index in [4.69, 9.17) is 0 Å². The van der Waals surface area contributed by atoms with Gasteiger partial charge in [-0.1, -0.05) is 201 Å². The number of hydrogen-bond acceptors (Lipinski definition) is 0. The number of fused-ring (bicyclic) bond motifs is 8. The van der Waals surface area contributed by atoms with Crippen LogP contribution >= 0.6 is 0 Å². The van der Waals surface area contributed by atoms with E-state index in [1.54, 1.807) is 0 Å². The Labute approximate surface area is 391 Å². The van der Waals surface area contributed by atoms with Gasteiger partial charge in [0, 0.05) is 75.5 Å². The maximum atomic E-state index is 3.82. The van der Waals surface area contributed by atoms with E-state index in [9.17, 15) is 0 Å². The van der Waals surface area contributed by atoms with Crippen LogP contribution < -0.4 is 10.4 Å². The number of allylic oxidation sites excluding steroid dienone is 8. The third kappa shape index (κ3) is 6.92. The molecule has 0 heterocycles. The first-order chi connectivity index (χ1) is 31.7. The zero-order chi connectivity index (χ0) is 45.8. The Morgan fingerprint density at radius 3 is 0.848 bits per heavy atom. The summed E-state index contributed by atoms with van der Waals surface area (Å²) in [5.74, 6) is 0. The van der Waals surface area contributed by atoms with Crippen LogP contribution in [0, 0.1) is 119 Å². The van der Waals surface area contributed by atoms with Crippen molar-refractivity contribution >= 4 is 65.4 Å². The highest BCUT2D eigenvalue weighted by Gasteiger charge is 2.60. The van der Waals surface area contributed by atoms with Crippen LogP contribution in [-0.2, 0) is 0 Å². The lowest BCUT2D eigenvalue weighted by atomic mass is 9.43. The summed E-state index contributed by atoms with van der Waals surface area (Å²) in [5, 5.41) is 8.45. The SMILES string of the molecule is CC(C)(C)C1=CC2=c3c#cc4ccccc4c#cc#cc4ccccc4c#cc3=C3C=C(C(C)(C)C)C=C4c5c#cc6ccccc6c#cc#cc6ccccc6c#cc5C(=C1)C2(C)C43C. The van der Waals surface area contributed by atoms with Gasteiger partial charge in [0.1, 0.15) is 0 Å². The van der Waals surface area contributed by atoms with Gasteiger partial charge in [0.2, 0.25) is 0 Å². The largest absolute Gasteiger partial charge is 0.0609 e. The minimum atomic E-state index is -0.671. The summed E-state index contributed by atoms with van der Waals surface area (Å²) in [6.07, 6.45) is 9.61. The van der Waals surface area contributed by atoms with Crippen LogP contribution in [0.5, 0.6) is 0 Å². The average Bonchev–Trinajstić information content (AvgIpc) is 3.29. The number of benzene rings is 4. The maximum absolute atomic E-state index is 3.82. The van der Waals surface area contributed by atoms with Crippen molar-refractivity contribution in [2.75, 3.05) is 0 Å². The highest BCUT2D eigenvalue weighted by atomic mass is 14.6. The van der Waals surface area contributed by atoms with Crippen molar-refractivity contribution in [2.24, 2.45) is 21.7 Å². The summed E-state index contributed by atoms with van der Waals surface area (Å²) in [5.41, 5.74) is 6.78. The van der Waals surface area contributed by atoms with Crippen LogP contribution in [-0.4, -0.2) is 0 Å². The quantitative estimate of drug-likeness (QED) is 0.143. The van der Waals surface area contributed by atoms with Gasteiger partial charge in [-0.2, -0.15) is 0 Å². The van der Waals surface area contributed by atoms with Gasteiger partial charge in [-0.25, -0.2) is 0 Å². The van der Waals surface area contributed by atoms with Crippen molar-refractivity contribution < 1.29 is 0 Å². The fourth-order valence-electron chi connectivity index (χ4n) is 9.58. The predicted molar refractivity (Wildman–Crippen MR) is 268 cm³/mol. The van der Waals surface area contributed by atoms with Gasteiger partial charge in [-0.05, 0) is 117 Å². The normalized spacial score (nSPS) is 18.1. The predicted octanol–water partition coefficient (Wildman–Crippen LogP) is 13.4. The third-order valence-electron chi connectivity index (χ3n) is 13.6. The molecule has 0 saturated carbocycles. The highest BCUT2D eigenvalue weighted by Crippen LogP contribution is 2.70. The van der Waals surface area contributed by atoms with Gasteiger partial charge in [0.05, 0.1) is 0 Å². The van der Waals surface area contributed by atoms with E-state index in [1.165, 1.54) is 11.1 Å². The first-order valence-corrected chi connectivity index (χ1v) is 22.4. The summed E-state index contributed by atoms with van der Waals surface area (Å²) in [6.45, 7) is 18.4. The standard InChI is InChI=1S/C66H44/c1-63(2,3)53-41-59-55-37-33-49-29-17-13-25-45(49)21-9-11-23-47-27-15-19-31-51(47)35-39-57(55)61-43-54(64(4,5)6)44-62-58-40-36-52-32-20-16-28-48(52)24-12-10-22-46-26-14-18-30-50(46)34-38-56(58)60(42-53)65(59,7)66(61,62)8/h13-20,25-32,41-44H,1-8H3. The smallest absolute Gasteiger partial charge is 0.0450 e. The maximum Gasteiger partial charge on any atom is 0.0450 e. The molecule has 0 N–H and O–H groups in total. The molecular formula is C66H44. The minimum absolute atomic E-state index is 0.240. The van der Waals surface area contributed by atoms with Crippen LogP contribution in [0.3, 0.4) is 0 Å². The average molecular weight is 837 g/mol. The van der Waals surface area contributed by atoms with Crippen LogP contribution in [0.4, 0.5) is 0 Å². The molecule has 4 aliphatic carbocycles. The monoisotopic (exact) mass is 836 g/mol. The molecule has 0 nitrogen and oxygen atoms in total. The van der Waals surface area contributed by atoms with Crippen LogP contribution in [0.25, 0.3) is 65.4 Å². The molecule has 0 aliphatic heterocycles. The van der Waals surface area contributed by atoms with Crippen LogP contribution in [0.1, 0.15) is 66.5 Å². The van der Waals surface area contributed by atoms with E-state index in [-0.39, 0.29) is 10.8 Å². The van der Waals surface area contributed by atoms with E-state index in [1.807, 2.05) is 97.1 Å². The van der Waals surface area contributed by atoms with Crippen molar-refractivity contribution in [1.82, 2.24) is 0 Å². The van der Waals surface area contributed by atoms with E-state index >= 15 is 0 Å². The molecule has 2 atom stereocenters. The molecule has 4 aliphatic rings. The van der Waals surface area contributed by atoms with Crippen LogP contribution in [0.15, 0.2) is 133 Å². The summed E-state index contributed by atoms with van der Waals surface area (Å²) in [7, 11) is 0. The second-order valence-corrected chi connectivity index (χ2v) is 19.6. The molecule has 0 amide bonds. The molecule has 0 fully saturated rings. The zero-order valence-electron chi connectivity index (χ0n) is 38.5. The van der Waals surface area contributed by atoms with E-state index in [2.05, 4.69) is 177 Å². The molecule has 6 aromatic carbocycles. The molecular weight excluding hydrogens is 793 g/mol. The molecule has 0 spiro atoms. The summed E-state index contributed by atoms with van der Waals surface area (Å²) in [6, 6.07) is 87.7. The van der Waals surface area contributed by atoms with Gasteiger partial charge < -0.3 is 0 Å². The molecule has 66 heavy (non-hydrogen) atoms. The molecule has 0 bridgehead atoms. The van der Waals surface area contributed by atoms with Crippen molar-refractivity contribution in [1.29, 1.82) is 0 Å². The van der Waals surface area contributed by atoms with Crippen molar-refractivity contribution in [3.63, 3.8) is 0 Å². The molecule has 2 unspecified atom stereocenters. The zero-order valence-corrected chi connectivity index (χ0v) is 38.5. The Hall–Kier alpha value is -8.46. The van der Waals surface area contributed by atoms with Gasteiger partial charge >= 0.3 is 0 Å². The molecule has 0 heteroatoms. The summed E-state index contributed by atoms with van der Waals surface area (Å²) in [4.78, 5) is 0. The Morgan fingerprint density at radius 1 is 0.318 bits per heavy atom. The lowest BCUT2D eigenvalue weighted by Crippen LogP contribution is -2.54. The second kappa shape index (κ2) is 15.7. The fraction of sp³-hybridized carbons (Fsp3) is 0.182. The molecule has 6 aromatic rings. The van der Waals surface area contributed by atoms with Crippen molar-refractivity contribution in [2.45, 2.75) is 55.4 Å². The minimum Gasteiger partial charge on any atom is -0.0609 e. The second-order valence-electron chi connectivity index (χ2n) is 19.6. The summed E-state index contributed by atoms with van der Waals surface area (Å²) < 4.78 is 0. The number of rotatable bonds is 0. The Morgan fingerprint density at radius 2 is 0.576 bits per heavy atom. The van der Waals surface area contributed by atoms with E-state index < -0.39 is 10.8 Å². The van der Waals surface area contributed by atoms with Crippen molar-refractivity contribution in [3.05, 3.63) is 251 Å². The molecule has 0 radical (unpaired) electrons. The molecule has 0 saturated heterocycles. The van der Waals surface area contributed by atoms with Gasteiger partial charge in [-0.15, -0.1) is 0 Å². The van der Waals surface area contributed by atoms with Crippen LogP contribution in [0.2, 0.25) is 0 Å². The Kier molecular flexibility index (Phi) is 9.86. The molecule has 308 valence electrons. The van der Waals surface area contributed by atoms with E-state index in [0.717, 1.165) is 86.9 Å². The number of hydrogen-bond donors (Lipinski definition) is 0. The molecule has 10 rings (SSSR count). The topological polar surface area (TPSA) is 0 Å². The molecule has 0 aromatic heterocycles. The van der Waals surface area contributed by atoms with Gasteiger partial charge in [0.15, 0.2) is 0 Å². The third-order valence-corrected chi connectivity index (χ3v) is 13.6. The fourth-order valence-corrected chi connectivity index (χ4v) is 9.58. The first-order valence-electron chi connectivity index (χ1n) is 22.4. The van der Waals surface area contributed by atoms with Crippen molar-refractivity contribution in [3.8, 4) is 0 Å². The lowest BCUT2D eigenvalue weighted by molar-refractivity contribution is 0.354. The highest BCUT2D eigenvalue weighted by molar-refractivity contribution is 6.06. The van der Waals surface area contributed by atoms with Gasteiger partial charge in [0.25, 0.3) is 0 Å². The van der Waals surface area contributed by atoms with Gasteiger partial charge in [-0.3, -0.25) is 0 Å². The summed E-state index contributed by atoms with van der Waals surface area (Å²) >= 11 is 0. The Balaban J connectivity index is 1.50. The Bertz CT molecular complexity index is 3330. The lowest BCUT2D eigenvalue weighted by Gasteiger charge is -2.58. The first kappa shape index (κ1) is 41.5.